The van der Waals surface area contributed by atoms with Crippen LogP contribution in [0.2, 0.25) is 0 Å². The first-order valence-corrected chi connectivity index (χ1v) is 5.73. The van der Waals surface area contributed by atoms with Crippen molar-refractivity contribution < 1.29 is 18.1 Å². The van der Waals surface area contributed by atoms with Gasteiger partial charge >= 0.3 is 11.9 Å². The highest BCUT2D eigenvalue weighted by Crippen LogP contribution is 2.33. The van der Waals surface area contributed by atoms with E-state index in [1.807, 2.05) is 6.92 Å². The van der Waals surface area contributed by atoms with Crippen LogP contribution in [0.25, 0.3) is 0 Å². The Kier molecular flexibility index (Phi) is 4.68. The van der Waals surface area contributed by atoms with Gasteiger partial charge in [-0.1, -0.05) is 13.3 Å². The zero-order valence-corrected chi connectivity index (χ0v) is 10.5. The van der Waals surface area contributed by atoms with Crippen molar-refractivity contribution in [2.45, 2.75) is 38.9 Å². The van der Waals surface area contributed by atoms with Crippen molar-refractivity contribution >= 4 is 11.4 Å². The maximum absolute atomic E-state index is 12.5. The van der Waals surface area contributed by atoms with Gasteiger partial charge in [-0.05, 0) is 19.4 Å². The molecule has 1 heterocycles. The summed E-state index contributed by atoms with van der Waals surface area (Å²) in [4.78, 5) is 13.1. The Hall–Kier alpha value is -1.86. The molecule has 0 aromatic carbocycles. The summed E-state index contributed by atoms with van der Waals surface area (Å²) in [6, 6.07) is 0.511. The summed E-state index contributed by atoms with van der Waals surface area (Å²) >= 11 is 0. The first-order valence-electron chi connectivity index (χ1n) is 5.73. The summed E-state index contributed by atoms with van der Waals surface area (Å²) in [5, 5.41) is 13.5. The molecule has 1 unspecified atom stereocenters. The number of aromatic nitrogens is 1. The average Bonchev–Trinajstić information content (AvgIpc) is 2.27. The molecule has 1 aromatic heterocycles. The van der Waals surface area contributed by atoms with Gasteiger partial charge in [0, 0.05) is 6.04 Å². The van der Waals surface area contributed by atoms with Crippen molar-refractivity contribution in [2.75, 3.05) is 5.32 Å². The zero-order chi connectivity index (χ0) is 14.6. The first-order chi connectivity index (χ1) is 8.75. The van der Waals surface area contributed by atoms with E-state index in [1.165, 1.54) is 0 Å². The highest BCUT2D eigenvalue weighted by Gasteiger charge is 2.34. The Morgan fingerprint density at radius 1 is 1.53 bits per heavy atom. The standard InChI is InChI=1S/C11H14F3N3O2/c1-3-4-7(2)16-8-5-10(11(12,13)14)15-6-9(8)17(18)19/h5-7H,3-4H2,1-2H3,(H,15,16). The second kappa shape index (κ2) is 5.85. The summed E-state index contributed by atoms with van der Waals surface area (Å²) in [7, 11) is 0. The minimum absolute atomic E-state index is 0.159. The number of alkyl halides is 3. The molecule has 0 saturated carbocycles. The maximum Gasteiger partial charge on any atom is 0.433 e. The van der Waals surface area contributed by atoms with Gasteiger partial charge in [0.15, 0.2) is 0 Å². The number of hydrogen-bond donors (Lipinski definition) is 1. The monoisotopic (exact) mass is 277 g/mol. The Morgan fingerprint density at radius 2 is 2.16 bits per heavy atom. The van der Waals surface area contributed by atoms with E-state index in [9.17, 15) is 23.3 Å². The summed E-state index contributed by atoms with van der Waals surface area (Å²) < 4.78 is 37.6. The topological polar surface area (TPSA) is 68.1 Å². The fourth-order valence-corrected chi connectivity index (χ4v) is 1.63. The first kappa shape index (κ1) is 15.2. The van der Waals surface area contributed by atoms with Gasteiger partial charge in [0.05, 0.1) is 4.92 Å². The van der Waals surface area contributed by atoms with Crippen molar-refractivity contribution in [3.63, 3.8) is 0 Å². The molecule has 0 saturated heterocycles. The predicted molar refractivity (Wildman–Crippen MR) is 63.9 cm³/mol. The molecule has 106 valence electrons. The highest BCUT2D eigenvalue weighted by atomic mass is 19.4. The lowest BCUT2D eigenvalue weighted by Crippen LogP contribution is -2.17. The largest absolute Gasteiger partial charge is 0.433 e. The highest BCUT2D eigenvalue weighted by molar-refractivity contribution is 5.61. The molecule has 1 rings (SSSR count). The number of nitrogens with one attached hydrogen (secondary N) is 1. The van der Waals surface area contributed by atoms with Gasteiger partial charge in [-0.2, -0.15) is 13.2 Å². The minimum atomic E-state index is -4.63. The number of nitro groups is 1. The van der Waals surface area contributed by atoms with Crippen molar-refractivity contribution in [1.29, 1.82) is 0 Å². The van der Waals surface area contributed by atoms with Crippen LogP contribution in [0.5, 0.6) is 0 Å². The van der Waals surface area contributed by atoms with Crippen LogP contribution in [0.4, 0.5) is 24.5 Å². The Balaban J connectivity index is 3.12. The summed E-state index contributed by atoms with van der Waals surface area (Å²) in [6.07, 6.45) is -2.48. The minimum Gasteiger partial charge on any atom is -0.377 e. The molecular formula is C11H14F3N3O2. The fraction of sp³-hybridized carbons (Fsp3) is 0.545. The molecule has 0 spiro atoms. The Bertz CT molecular complexity index is 463. The van der Waals surface area contributed by atoms with E-state index in [-0.39, 0.29) is 11.7 Å². The second-order valence-corrected chi connectivity index (χ2v) is 4.18. The molecule has 19 heavy (non-hydrogen) atoms. The number of pyridine rings is 1. The fourth-order valence-electron chi connectivity index (χ4n) is 1.63. The van der Waals surface area contributed by atoms with E-state index >= 15 is 0 Å². The van der Waals surface area contributed by atoms with Crippen LogP contribution in [0.1, 0.15) is 32.4 Å². The van der Waals surface area contributed by atoms with Crippen LogP contribution < -0.4 is 5.32 Å². The molecule has 1 aromatic rings. The van der Waals surface area contributed by atoms with Crippen molar-refractivity contribution in [3.05, 3.63) is 28.1 Å². The van der Waals surface area contributed by atoms with Gasteiger partial charge in [-0.3, -0.25) is 10.1 Å². The molecule has 0 radical (unpaired) electrons. The molecule has 1 atom stereocenters. The Labute approximate surface area is 108 Å². The lowest BCUT2D eigenvalue weighted by Gasteiger charge is -2.15. The lowest BCUT2D eigenvalue weighted by molar-refractivity contribution is -0.384. The number of hydrogen-bond acceptors (Lipinski definition) is 4. The molecule has 0 aliphatic rings. The molecule has 0 aliphatic carbocycles. The van der Waals surface area contributed by atoms with E-state index in [0.717, 1.165) is 6.42 Å². The third kappa shape index (κ3) is 4.08. The van der Waals surface area contributed by atoms with Gasteiger partial charge in [0.1, 0.15) is 17.6 Å². The quantitative estimate of drug-likeness (QED) is 0.659. The van der Waals surface area contributed by atoms with Crippen LogP contribution >= 0.6 is 0 Å². The summed E-state index contributed by atoms with van der Waals surface area (Å²) in [5.74, 6) is 0. The van der Waals surface area contributed by atoms with Gasteiger partial charge in [-0.25, -0.2) is 4.98 Å². The third-order valence-corrected chi connectivity index (χ3v) is 2.49. The zero-order valence-electron chi connectivity index (χ0n) is 10.5. The van der Waals surface area contributed by atoms with Crippen LogP contribution in [0.3, 0.4) is 0 Å². The molecule has 1 N–H and O–H groups in total. The predicted octanol–water partition coefficient (Wildman–Crippen LogP) is 3.61. The smallest absolute Gasteiger partial charge is 0.377 e. The van der Waals surface area contributed by atoms with Crippen LogP contribution in [-0.4, -0.2) is 15.9 Å². The number of halogens is 3. The normalized spacial score (nSPS) is 13.1. The van der Waals surface area contributed by atoms with Crippen molar-refractivity contribution in [3.8, 4) is 0 Å². The van der Waals surface area contributed by atoms with E-state index < -0.39 is 22.5 Å². The number of anilines is 1. The van der Waals surface area contributed by atoms with Gasteiger partial charge < -0.3 is 5.32 Å². The van der Waals surface area contributed by atoms with E-state index in [4.69, 9.17) is 0 Å². The van der Waals surface area contributed by atoms with Gasteiger partial charge in [0.2, 0.25) is 0 Å². The average molecular weight is 277 g/mol. The molecule has 0 amide bonds. The van der Waals surface area contributed by atoms with Gasteiger partial charge in [-0.15, -0.1) is 0 Å². The molecule has 0 bridgehead atoms. The van der Waals surface area contributed by atoms with Crippen molar-refractivity contribution in [2.24, 2.45) is 0 Å². The van der Waals surface area contributed by atoms with Crippen LogP contribution in [0.15, 0.2) is 12.3 Å². The van der Waals surface area contributed by atoms with E-state index in [2.05, 4.69) is 10.3 Å². The van der Waals surface area contributed by atoms with Crippen molar-refractivity contribution in [1.82, 2.24) is 4.98 Å². The summed E-state index contributed by atoms with van der Waals surface area (Å²) in [6.45, 7) is 3.67. The maximum atomic E-state index is 12.5. The molecule has 5 nitrogen and oxygen atoms in total. The number of rotatable bonds is 5. The number of nitrogens with zero attached hydrogens (tertiary/aromatic N) is 2. The van der Waals surface area contributed by atoms with E-state index in [1.54, 1.807) is 6.92 Å². The summed E-state index contributed by atoms with van der Waals surface area (Å²) in [5.41, 5.74) is -1.77. The van der Waals surface area contributed by atoms with E-state index in [0.29, 0.717) is 18.7 Å². The molecule has 0 aliphatic heterocycles. The van der Waals surface area contributed by atoms with Crippen LogP contribution in [0, 0.1) is 10.1 Å². The Morgan fingerprint density at radius 3 is 2.63 bits per heavy atom. The second-order valence-electron chi connectivity index (χ2n) is 4.18. The molecular weight excluding hydrogens is 263 g/mol. The SMILES string of the molecule is CCCC(C)Nc1cc(C(F)(F)F)ncc1[N+](=O)[O-]. The third-order valence-electron chi connectivity index (χ3n) is 2.49. The molecule has 0 fully saturated rings. The van der Waals surface area contributed by atoms with Crippen LogP contribution in [-0.2, 0) is 6.18 Å². The van der Waals surface area contributed by atoms with Gasteiger partial charge in [0.25, 0.3) is 0 Å². The molecule has 8 heteroatoms. The lowest BCUT2D eigenvalue weighted by atomic mass is 10.2.